The third kappa shape index (κ3) is 5.65. The van der Waals surface area contributed by atoms with Crippen molar-refractivity contribution in [2.75, 3.05) is 9.80 Å². The Balaban J connectivity index is 1.26. The first-order valence-electron chi connectivity index (χ1n) is 18.6. The van der Waals surface area contributed by atoms with Crippen LogP contribution in [-0.2, 0) is 10.8 Å². The molecule has 0 fully saturated rings. The molecule has 54 heavy (non-hydrogen) atoms. The topological polar surface area (TPSA) is 6.48 Å². The molecule has 2 heteroatoms. The quantitative estimate of drug-likeness (QED) is 0.166. The number of anilines is 6. The van der Waals surface area contributed by atoms with Crippen LogP contribution in [0, 0.1) is 23.7 Å². The fourth-order valence-corrected chi connectivity index (χ4v) is 8.16. The van der Waals surface area contributed by atoms with E-state index < -0.39 is 0 Å². The zero-order valence-electron chi connectivity index (χ0n) is 31.1. The molecule has 2 nitrogen and oxygen atoms in total. The van der Waals surface area contributed by atoms with Crippen molar-refractivity contribution in [2.24, 2.45) is 0 Å². The molecule has 258 valence electrons. The second kappa shape index (κ2) is 13.0. The number of hydrogen-bond acceptors (Lipinski definition) is 2. The predicted octanol–water partition coefficient (Wildman–Crippen LogP) is 12.7. The summed E-state index contributed by atoms with van der Waals surface area (Å²) in [5, 5.41) is 0. The van der Waals surface area contributed by atoms with Gasteiger partial charge in [-0.1, -0.05) is 124 Å². The molecule has 2 aliphatic heterocycles. The Labute approximate surface area is 319 Å². The van der Waals surface area contributed by atoms with Crippen LogP contribution in [0.15, 0.2) is 170 Å². The van der Waals surface area contributed by atoms with Gasteiger partial charge in [-0.15, -0.1) is 0 Å². The Morgan fingerprint density at radius 1 is 0.315 bits per heavy atom. The molecular weight excluding hydrogens is 653 g/mol. The molecule has 0 saturated heterocycles. The van der Waals surface area contributed by atoms with E-state index in [1.807, 2.05) is 36.4 Å². The highest BCUT2D eigenvalue weighted by molar-refractivity contribution is 5.93. The lowest BCUT2D eigenvalue weighted by atomic mass is 9.68. The minimum absolute atomic E-state index is 0.320. The van der Waals surface area contributed by atoms with Gasteiger partial charge < -0.3 is 9.80 Å². The third-order valence-electron chi connectivity index (χ3n) is 11.0. The summed E-state index contributed by atoms with van der Waals surface area (Å²) in [5.41, 5.74) is 15.5. The summed E-state index contributed by atoms with van der Waals surface area (Å²) in [6.07, 6.45) is 0. The van der Waals surface area contributed by atoms with Crippen molar-refractivity contribution in [3.05, 3.63) is 214 Å². The van der Waals surface area contributed by atoms with Crippen LogP contribution in [0.4, 0.5) is 34.1 Å². The van der Waals surface area contributed by atoms with Crippen molar-refractivity contribution in [3.63, 3.8) is 0 Å². The van der Waals surface area contributed by atoms with Crippen LogP contribution in [-0.4, -0.2) is 0 Å². The second-order valence-corrected chi connectivity index (χ2v) is 15.2. The van der Waals surface area contributed by atoms with Gasteiger partial charge >= 0.3 is 0 Å². The molecule has 0 radical (unpaired) electrons. The molecule has 0 spiro atoms. The lowest BCUT2D eigenvalue weighted by Crippen LogP contribution is -2.35. The van der Waals surface area contributed by atoms with E-state index in [9.17, 15) is 0 Å². The van der Waals surface area contributed by atoms with E-state index in [0.29, 0.717) is 0 Å². The Kier molecular flexibility index (Phi) is 8.00. The van der Waals surface area contributed by atoms with Gasteiger partial charge in [0.25, 0.3) is 0 Å². The van der Waals surface area contributed by atoms with Crippen molar-refractivity contribution < 1.29 is 0 Å². The SMILES string of the molecule is CC1(C)c2cc(C#Cc3ccccc3)ccc2N(c2ccccc2)c2cc3c(cc21)N(c1ccccc1)c1ccc(C#Cc2ccccc2)cc1C3(C)C. The van der Waals surface area contributed by atoms with Gasteiger partial charge in [-0.3, -0.25) is 0 Å². The minimum Gasteiger partial charge on any atom is -0.310 e. The van der Waals surface area contributed by atoms with Crippen molar-refractivity contribution in [3.8, 4) is 23.7 Å². The van der Waals surface area contributed by atoms with Crippen LogP contribution in [0.5, 0.6) is 0 Å². The molecule has 0 atom stereocenters. The van der Waals surface area contributed by atoms with E-state index in [1.165, 1.54) is 45.0 Å². The average molecular weight is 693 g/mol. The first kappa shape index (κ1) is 33.1. The number of nitrogens with zero attached hydrogens (tertiary/aromatic N) is 2. The van der Waals surface area contributed by atoms with Crippen LogP contribution in [0.25, 0.3) is 0 Å². The maximum Gasteiger partial charge on any atom is 0.0507 e. The maximum absolute atomic E-state index is 3.46. The summed E-state index contributed by atoms with van der Waals surface area (Å²) in [7, 11) is 0. The first-order valence-corrected chi connectivity index (χ1v) is 18.6. The Bertz CT molecular complexity index is 2460. The normalized spacial score (nSPS) is 14.2. The van der Waals surface area contributed by atoms with Crippen molar-refractivity contribution in [2.45, 2.75) is 38.5 Å². The number of para-hydroxylation sites is 2. The van der Waals surface area contributed by atoms with E-state index in [4.69, 9.17) is 0 Å². The molecule has 7 aromatic carbocycles. The Hall–Kier alpha value is -6.74. The van der Waals surface area contributed by atoms with Crippen LogP contribution in [0.2, 0.25) is 0 Å². The number of rotatable bonds is 2. The number of fused-ring (bicyclic) bond motifs is 4. The van der Waals surface area contributed by atoms with E-state index in [1.54, 1.807) is 0 Å². The van der Waals surface area contributed by atoms with Gasteiger partial charge in [0, 0.05) is 44.5 Å². The minimum atomic E-state index is -0.320. The summed E-state index contributed by atoms with van der Waals surface area (Å²) in [5.74, 6) is 13.7. The summed E-state index contributed by atoms with van der Waals surface area (Å²) >= 11 is 0. The van der Waals surface area contributed by atoms with Gasteiger partial charge in [-0.05, 0) is 119 Å². The molecule has 2 aliphatic rings. The highest BCUT2D eigenvalue weighted by Gasteiger charge is 2.43. The Morgan fingerprint density at radius 3 is 1.00 bits per heavy atom. The summed E-state index contributed by atoms with van der Waals surface area (Å²) in [6, 6.07) is 60.3. The van der Waals surface area contributed by atoms with E-state index in [-0.39, 0.29) is 10.8 Å². The van der Waals surface area contributed by atoms with Gasteiger partial charge in [0.2, 0.25) is 0 Å². The van der Waals surface area contributed by atoms with Crippen molar-refractivity contribution in [1.29, 1.82) is 0 Å². The van der Waals surface area contributed by atoms with Crippen LogP contribution < -0.4 is 9.80 Å². The van der Waals surface area contributed by atoms with E-state index in [2.05, 4.69) is 195 Å². The van der Waals surface area contributed by atoms with E-state index >= 15 is 0 Å². The maximum atomic E-state index is 3.46. The Morgan fingerprint density at radius 2 is 0.630 bits per heavy atom. The molecule has 0 aliphatic carbocycles. The number of benzene rings is 7. The van der Waals surface area contributed by atoms with Gasteiger partial charge in [0.1, 0.15) is 0 Å². The molecule has 0 amide bonds. The largest absolute Gasteiger partial charge is 0.310 e. The van der Waals surface area contributed by atoms with Crippen LogP contribution in [0.1, 0.15) is 72.2 Å². The molecule has 0 bridgehead atoms. The summed E-state index contributed by atoms with van der Waals surface area (Å²) < 4.78 is 0. The van der Waals surface area contributed by atoms with Crippen LogP contribution >= 0.6 is 0 Å². The molecule has 0 unspecified atom stereocenters. The lowest BCUT2D eigenvalue weighted by Gasteiger charge is -2.47. The van der Waals surface area contributed by atoms with E-state index in [0.717, 1.165) is 33.6 Å². The molecule has 0 saturated carbocycles. The fourth-order valence-electron chi connectivity index (χ4n) is 8.16. The first-order chi connectivity index (χ1) is 26.3. The third-order valence-corrected chi connectivity index (χ3v) is 11.0. The molecule has 0 N–H and O–H groups in total. The predicted molar refractivity (Wildman–Crippen MR) is 225 cm³/mol. The molecule has 0 aromatic heterocycles. The lowest BCUT2D eigenvalue weighted by molar-refractivity contribution is 0.615. The number of hydrogen-bond donors (Lipinski definition) is 0. The second-order valence-electron chi connectivity index (χ2n) is 15.2. The standard InChI is InChI=1S/C52H40N2/c1-51(2)43-33-39(27-25-37-17-9-5-10-18-37)29-31-47(43)53(41-21-13-7-14-22-41)49-36-46-50(35-45(49)51)54(42-23-15-8-16-24-42)48-32-30-40(34-44(48)52(46,3)4)28-26-38-19-11-6-12-20-38/h5-24,29-36H,1-4H3. The zero-order chi connectivity index (χ0) is 36.9. The monoisotopic (exact) mass is 692 g/mol. The zero-order valence-corrected chi connectivity index (χ0v) is 31.1. The highest BCUT2D eigenvalue weighted by Crippen LogP contribution is 2.58. The van der Waals surface area contributed by atoms with Gasteiger partial charge in [-0.25, -0.2) is 0 Å². The molecule has 7 aromatic rings. The molecular formula is C52H40N2. The summed E-state index contributed by atoms with van der Waals surface area (Å²) in [4.78, 5) is 4.90. The molecule has 9 rings (SSSR count). The van der Waals surface area contributed by atoms with Gasteiger partial charge in [0.05, 0.1) is 22.7 Å². The average Bonchev–Trinajstić information content (AvgIpc) is 3.21. The van der Waals surface area contributed by atoms with Gasteiger partial charge in [-0.2, -0.15) is 0 Å². The van der Waals surface area contributed by atoms with Crippen LogP contribution in [0.3, 0.4) is 0 Å². The van der Waals surface area contributed by atoms with Crippen molar-refractivity contribution >= 4 is 34.1 Å². The molecule has 2 heterocycles. The smallest absolute Gasteiger partial charge is 0.0507 e. The van der Waals surface area contributed by atoms with Gasteiger partial charge in [0.15, 0.2) is 0 Å². The van der Waals surface area contributed by atoms with Crippen molar-refractivity contribution in [1.82, 2.24) is 0 Å². The highest BCUT2D eigenvalue weighted by atomic mass is 15.2. The summed E-state index contributed by atoms with van der Waals surface area (Å²) in [6.45, 7) is 9.45. The fraction of sp³-hybridized carbons (Fsp3) is 0.115.